The summed E-state index contributed by atoms with van der Waals surface area (Å²) >= 11 is 0. The molecule has 11 nitrogen and oxygen atoms in total. The number of hydrogen-bond donors (Lipinski definition) is 3. The summed E-state index contributed by atoms with van der Waals surface area (Å²) in [6.45, 7) is 5.64. The molecular weight excluding hydrogens is 563 g/mol. The van der Waals surface area contributed by atoms with Crippen molar-refractivity contribution in [1.29, 1.82) is 0 Å². The van der Waals surface area contributed by atoms with Gasteiger partial charge in [0.25, 0.3) is 11.8 Å². The van der Waals surface area contributed by atoms with Gasteiger partial charge in [0.1, 0.15) is 17.1 Å². The van der Waals surface area contributed by atoms with Gasteiger partial charge in [0.2, 0.25) is 19.9 Å². The normalized spacial score (nSPS) is 18.9. The first kappa shape index (κ1) is 29.1. The molecule has 214 valence electrons. The lowest BCUT2D eigenvalue weighted by atomic mass is 9.85. The van der Waals surface area contributed by atoms with Crippen molar-refractivity contribution in [2.24, 2.45) is 11.1 Å². The Bertz CT molecular complexity index is 1690. The molecule has 0 fully saturated rings. The molecule has 0 bridgehead atoms. The lowest BCUT2D eigenvalue weighted by molar-refractivity contribution is -0.129. The molecule has 2 aliphatic heterocycles. The van der Waals surface area contributed by atoms with Gasteiger partial charge in [-0.1, -0.05) is 32.9 Å². The number of anilines is 2. The zero-order valence-electron chi connectivity index (χ0n) is 22.4. The number of nitrogens with two attached hydrogens (primary N) is 1. The number of sulfone groups is 1. The van der Waals surface area contributed by atoms with E-state index in [1.54, 1.807) is 0 Å². The minimum Gasteiger partial charge on any atom is -0.498 e. The summed E-state index contributed by atoms with van der Waals surface area (Å²) in [5, 5.41) is 2.86. The van der Waals surface area contributed by atoms with Gasteiger partial charge in [0, 0.05) is 12.2 Å². The zero-order valence-corrected chi connectivity index (χ0v) is 24.0. The molecule has 2 aromatic carbocycles. The van der Waals surface area contributed by atoms with Crippen molar-refractivity contribution >= 4 is 43.0 Å². The maximum atomic E-state index is 14.0. The van der Waals surface area contributed by atoms with Crippen LogP contribution in [0.25, 0.3) is 0 Å². The summed E-state index contributed by atoms with van der Waals surface area (Å²) in [4.78, 5) is 26.9. The molecule has 2 amide bonds. The number of methoxy groups -OCH3 is 1. The van der Waals surface area contributed by atoms with Crippen LogP contribution in [-0.4, -0.2) is 53.0 Å². The number of nitrogens with zero attached hydrogens (tertiary/aromatic N) is 1. The van der Waals surface area contributed by atoms with Crippen LogP contribution >= 0.6 is 0 Å². The van der Waals surface area contributed by atoms with Crippen molar-refractivity contribution < 1.29 is 35.6 Å². The first-order valence-corrected chi connectivity index (χ1v) is 15.3. The van der Waals surface area contributed by atoms with E-state index in [1.807, 2.05) is 20.8 Å². The second-order valence-electron chi connectivity index (χ2n) is 10.6. The lowest BCUT2D eigenvalue weighted by Gasteiger charge is -2.36. The number of halogens is 1. The fourth-order valence-corrected chi connectivity index (χ4v) is 7.04. The van der Waals surface area contributed by atoms with E-state index in [9.17, 15) is 30.8 Å². The Morgan fingerprint density at radius 2 is 1.80 bits per heavy atom. The van der Waals surface area contributed by atoms with E-state index in [1.165, 1.54) is 48.4 Å². The average molecular weight is 593 g/mol. The number of amides is 2. The fourth-order valence-electron chi connectivity index (χ4n) is 4.89. The van der Waals surface area contributed by atoms with Gasteiger partial charge in [0.15, 0.2) is 4.91 Å². The number of benzene rings is 2. The highest BCUT2D eigenvalue weighted by Crippen LogP contribution is 2.45. The highest BCUT2D eigenvalue weighted by molar-refractivity contribution is 7.96. The van der Waals surface area contributed by atoms with Crippen LogP contribution in [0, 0.1) is 11.2 Å². The quantitative estimate of drug-likeness (QED) is 0.441. The standard InChI is InChI=1S/C26H29FN4O7S2/c1-26(2,3)23-21(38-4)19(25(33)31(23)13-14-6-8-15(27)9-7-14)20-22(24(28)32)40(36,37)18-12-16(30-39(5,34)35)10-11-17(18)29-20/h6-12,23,29-30H,13H2,1-5H3,(H2,28,32)/t23-/m1/s1. The van der Waals surface area contributed by atoms with E-state index in [-0.39, 0.29) is 34.9 Å². The summed E-state index contributed by atoms with van der Waals surface area (Å²) < 4.78 is 72.2. The van der Waals surface area contributed by atoms with Gasteiger partial charge in [-0.25, -0.2) is 21.2 Å². The Morgan fingerprint density at radius 1 is 1.18 bits per heavy atom. The molecule has 4 N–H and O–H groups in total. The van der Waals surface area contributed by atoms with Gasteiger partial charge in [0.05, 0.1) is 35.7 Å². The Hall–Kier alpha value is -3.91. The molecule has 2 aromatic rings. The summed E-state index contributed by atoms with van der Waals surface area (Å²) in [6.07, 6.45) is 0.903. The zero-order chi connectivity index (χ0) is 29.8. The molecule has 2 aliphatic rings. The molecule has 0 saturated carbocycles. The van der Waals surface area contributed by atoms with Crippen LogP contribution in [0.1, 0.15) is 26.3 Å². The highest BCUT2D eigenvalue weighted by atomic mass is 32.2. The molecule has 2 heterocycles. The summed E-state index contributed by atoms with van der Waals surface area (Å²) in [5.74, 6) is -2.28. The second kappa shape index (κ2) is 9.93. The number of rotatable bonds is 7. The number of carbonyl (C=O) groups is 2. The molecule has 1 atom stereocenters. The Morgan fingerprint density at radius 3 is 2.33 bits per heavy atom. The molecule has 4 rings (SSSR count). The number of ether oxygens (including phenoxy) is 1. The Labute approximate surface area is 231 Å². The average Bonchev–Trinajstić information content (AvgIpc) is 3.10. The van der Waals surface area contributed by atoms with Crippen LogP contribution in [0.15, 0.2) is 69.3 Å². The van der Waals surface area contributed by atoms with E-state index in [4.69, 9.17) is 10.5 Å². The first-order valence-electron chi connectivity index (χ1n) is 12.0. The largest absolute Gasteiger partial charge is 0.498 e. The number of nitrogens with one attached hydrogen (secondary N) is 2. The van der Waals surface area contributed by atoms with E-state index in [0.29, 0.717) is 5.56 Å². The third kappa shape index (κ3) is 5.28. The van der Waals surface area contributed by atoms with Gasteiger partial charge >= 0.3 is 0 Å². The molecule has 0 aliphatic carbocycles. The van der Waals surface area contributed by atoms with Gasteiger partial charge in [-0.2, -0.15) is 0 Å². The topological polar surface area (TPSA) is 165 Å². The third-order valence-electron chi connectivity index (χ3n) is 6.39. The van der Waals surface area contributed by atoms with Crippen LogP contribution in [-0.2, 0) is 40.7 Å². The van der Waals surface area contributed by atoms with Crippen molar-refractivity contribution in [1.82, 2.24) is 4.90 Å². The minimum absolute atomic E-state index is 0.000836. The Balaban J connectivity index is 1.91. The minimum atomic E-state index is -4.63. The van der Waals surface area contributed by atoms with E-state index >= 15 is 0 Å². The fraction of sp³-hybridized carbons (Fsp3) is 0.308. The third-order valence-corrected chi connectivity index (χ3v) is 8.86. The van der Waals surface area contributed by atoms with Crippen molar-refractivity contribution in [3.8, 4) is 0 Å². The van der Waals surface area contributed by atoms with E-state index in [2.05, 4.69) is 10.0 Å². The smallest absolute Gasteiger partial charge is 0.262 e. The maximum Gasteiger partial charge on any atom is 0.262 e. The number of primary amides is 1. The van der Waals surface area contributed by atoms with Gasteiger partial charge in [-0.15, -0.1) is 0 Å². The Kier molecular flexibility index (Phi) is 7.22. The molecule has 0 radical (unpaired) electrons. The predicted octanol–water partition coefficient (Wildman–Crippen LogP) is 2.45. The van der Waals surface area contributed by atoms with Crippen LogP contribution in [0.5, 0.6) is 0 Å². The van der Waals surface area contributed by atoms with Crippen LogP contribution < -0.4 is 15.8 Å². The van der Waals surface area contributed by atoms with E-state index in [0.717, 1.165) is 12.3 Å². The van der Waals surface area contributed by atoms with Crippen molar-refractivity contribution in [2.45, 2.75) is 38.3 Å². The van der Waals surface area contributed by atoms with Crippen molar-refractivity contribution in [3.63, 3.8) is 0 Å². The first-order chi connectivity index (χ1) is 18.5. The second-order valence-corrected chi connectivity index (χ2v) is 14.2. The molecule has 40 heavy (non-hydrogen) atoms. The molecule has 0 spiro atoms. The van der Waals surface area contributed by atoms with Gasteiger partial charge in [-0.05, 0) is 41.3 Å². The van der Waals surface area contributed by atoms with Crippen molar-refractivity contribution in [2.75, 3.05) is 23.4 Å². The lowest BCUT2D eigenvalue weighted by Crippen LogP contribution is -2.43. The predicted molar refractivity (Wildman–Crippen MR) is 146 cm³/mol. The van der Waals surface area contributed by atoms with Crippen LogP contribution in [0.3, 0.4) is 0 Å². The van der Waals surface area contributed by atoms with Crippen LogP contribution in [0.2, 0.25) is 0 Å². The number of sulfonamides is 1. The molecule has 0 aromatic heterocycles. The molecule has 0 saturated heterocycles. The number of fused-ring (bicyclic) bond motifs is 1. The molecule has 14 heteroatoms. The summed E-state index contributed by atoms with van der Waals surface area (Å²) in [7, 11) is -7.03. The highest BCUT2D eigenvalue weighted by Gasteiger charge is 2.50. The summed E-state index contributed by atoms with van der Waals surface area (Å²) in [5.41, 5.74) is 4.98. The van der Waals surface area contributed by atoms with Crippen LogP contribution in [0.4, 0.5) is 15.8 Å². The van der Waals surface area contributed by atoms with Crippen molar-refractivity contribution in [3.05, 3.63) is 75.8 Å². The monoisotopic (exact) mass is 592 g/mol. The summed E-state index contributed by atoms with van der Waals surface area (Å²) in [6, 6.07) is 8.59. The molecule has 0 unspecified atom stereocenters. The SMILES string of the molecule is COC1=C(C2=C(C(N)=O)S(=O)(=O)c3cc(NS(C)(=O)=O)ccc3N2)C(=O)N(Cc2ccc(F)cc2)[C@H]1C(C)(C)C. The number of hydrogen-bond acceptors (Lipinski definition) is 8. The van der Waals surface area contributed by atoms with Gasteiger partial charge < -0.3 is 20.7 Å². The molecular formula is C26H29FN4O7S2. The maximum absolute atomic E-state index is 14.0. The van der Waals surface area contributed by atoms with Gasteiger partial charge in [-0.3, -0.25) is 14.3 Å². The number of carbonyl (C=O) groups excluding carboxylic acids is 2. The van der Waals surface area contributed by atoms with E-state index < -0.39 is 58.7 Å².